The lowest BCUT2D eigenvalue weighted by atomic mass is 10.2. The first-order chi connectivity index (χ1) is 9.32. The summed E-state index contributed by atoms with van der Waals surface area (Å²) in [6.07, 6.45) is -4.97. The van der Waals surface area contributed by atoms with E-state index in [4.69, 9.17) is 15.2 Å². The smallest absolute Gasteiger partial charge is 0.491 e. The molecular weight excluding hydrogens is 281 g/mol. The fourth-order valence-corrected chi connectivity index (χ4v) is 1.40. The SMILES string of the molecule is CCOC(=O)c1cc(CN)nc(OC(F)(F)F)c1OC. The van der Waals surface area contributed by atoms with Crippen LogP contribution in [0.4, 0.5) is 13.2 Å². The summed E-state index contributed by atoms with van der Waals surface area (Å²) in [5.74, 6) is -2.20. The zero-order valence-electron chi connectivity index (χ0n) is 10.8. The summed E-state index contributed by atoms with van der Waals surface area (Å²) in [4.78, 5) is 15.3. The van der Waals surface area contributed by atoms with Crippen molar-refractivity contribution in [3.05, 3.63) is 17.3 Å². The number of carbonyl (C=O) groups excluding carboxylic acids is 1. The van der Waals surface area contributed by atoms with E-state index in [0.717, 1.165) is 7.11 Å². The second-order valence-corrected chi connectivity index (χ2v) is 3.47. The largest absolute Gasteiger partial charge is 0.574 e. The van der Waals surface area contributed by atoms with Crippen LogP contribution in [0.2, 0.25) is 0 Å². The van der Waals surface area contributed by atoms with E-state index in [0.29, 0.717) is 0 Å². The van der Waals surface area contributed by atoms with Gasteiger partial charge < -0.3 is 19.9 Å². The third-order valence-electron chi connectivity index (χ3n) is 2.12. The summed E-state index contributed by atoms with van der Waals surface area (Å²) >= 11 is 0. The fraction of sp³-hybridized carbons (Fsp3) is 0.455. The molecule has 0 bridgehead atoms. The van der Waals surface area contributed by atoms with Crippen LogP contribution in [0.25, 0.3) is 0 Å². The fourth-order valence-electron chi connectivity index (χ4n) is 1.40. The van der Waals surface area contributed by atoms with E-state index in [-0.39, 0.29) is 24.4 Å². The summed E-state index contributed by atoms with van der Waals surface area (Å²) in [5, 5.41) is 0. The summed E-state index contributed by atoms with van der Waals surface area (Å²) < 4.78 is 50.2. The summed E-state index contributed by atoms with van der Waals surface area (Å²) in [5.41, 5.74) is 5.13. The van der Waals surface area contributed by atoms with Gasteiger partial charge in [-0.3, -0.25) is 0 Å². The van der Waals surface area contributed by atoms with Gasteiger partial charge in [0.05, 0.1) is 19.4 Å². The molecule has 0 aliphatic heterocycles. The Bertz CT molecular complexity index is 491. The molecule has 1 rings (SSSR count). The van der Waals surface area contributed by atoms with Crippen molar-refractivity contribution in [2.75, 3.05) is 13.7 Å². The molecule has 0 unspecified atom stereocenters. The molecule has 112 valence electrons. The number of rotatable bonds is 5. The van der Waals surface area contributed by atoms with Crippen molar-refractivity contribution in [3.63, 3.8) is 0 Å². The number of nitrogens with zero attached hydrogens (tertiary/aromatic N) is 1. The maximum absolute atomic E-state index is 12.3. The van der Waals surface area contributed by atoms with Gasteiger partial charge in [0.15, 0.2) is 5.75 Å². The van der Waals surface area contributed by atoms with Gasteiger partial charge in [0.1, 0.15) is 5.56 Å². The highest BCUT2D eigenvalue weighted by atomic mass is 19.4. The number of esters is 1. The molecule has 2 N–H and O–H groups in total. The van der Waals surface area contributed by atoms with Crippen molar-refractivity contribution in [2.24, 2.45) is 5.73 Å². The van der Waals surface area contributed by atoms with Crippen LogP contribution >= 0.6 is 0 Å². The normalized spacial score (nSPS) is 11.1. The standard InChI is InChI=1S/C11H13F3N2O4/c1-3-19-10(17)7-4-6(5-15)16-9(8(7)18-2)20-11(12,13)14/h4H,3,5,15H2,1-2H3. The monoisotopic (exact) mass is 294 g/mol. The van der Waals surface area contributed by atoms with E-state index in [1.165, 1.54) is 6.07 Å². The second-order valence-electron chi connectivity index (χ2n) is 3.47. The van der Waals surface area contributed by atoms with Crippen molar-refractivity contribution < 1.29 is 32.2 Å². The molecule has 9 heteroatoms. The predicted molar refractivity (Wildman–Crippen MR) is 61.3 cm³/mol. The van der Waals surface area contributed by atoms with Crippen molar-refractivity contribution in [3.8, 4) is 11.6 Å². The van der Waals surface area contributed by atoms with Gasteiger partial charge in [0.25, 0.3) is 5.88 Å². The predicted octanol–water partition coefficient (Wildman–Crippen LogP) is 1.62. The number of hydrogen-bond donors (Lipinski definition) is 1. The number of aromatic nitrogens is 1. The Morgan fingerprint density at radius 3 is 2.55 bits per heavy atom. The molecule has 1 heterocycles. The quantitative estimate of drug-likeness (QED) is 0.831. The zero-order chi connectivity index (χ0) is 15.3. The lowest BCUT2D eigenvalue weighted by Crippen LogP contribution is -2.20. The molecule has 0 amide bonds. The lowest BCUT2D eigenvalue weighted by molar-refractivity contribution is -0.276. The third kappa shape index (κ3) is 3.98. The number of alkyl halides is 3. The molecule has 0 spiro atoms. The Kier molecular flexibility index (Phi) is 5.14. The lowest BCUT2D eigenvalue weighted by Gasteiger charge is -2.15. The van der Waals surface area contributed by atoms with Crippen LogP contribution in [0.15, 0.2) is 6.07 Å². The number of ether oxygens (including phenoxy) is 3. The van der Waals surface area contributed by atoms with Crippen LogP contribution < -0.4 is 15.2 Å². The van der Waals surface area contributed by atoms with Crippen LogP contribution in [-0.2, 0) is 11.3 Å². The summed E-state index contributed by atoms with van der Waals surface area (Å²) in [6.45, 7) is 1.44. The molecule has 0 radical (unpaired) electrons. The highest BCUT2D eigenvalue weighted by molar-refractivity contribution is 5.93. The number of pyridine rings is 1. The van der Waals surface area contributed by atoms with Crippen LogP contribution in [0, 0.1) is 0 Å². The Morgan fingerprint density at radius 1 is 1.45 bits per heavy atom. The minimum atomic E-state index is -4.97. The molecule has 0 saturated carbocycles. The molecule has 0 fully saturated rings. The van der Waals surface area contributed by atoms with E-state index in [2.05, 4.69) is 9.72 Å². The van der Waals surface area contributed by atoms with Crippen molar-refractivity contribution in [1.29, 1.82) is 0 Å². The van der Waals surface area contributed by atoms with Gasteiger partial charge in [-0.25, -0.2) is 9.78 Å². The van der Waals surface area contributed by atoms with Crippen LogP contribution in [-0.4, -0.2) is 31.0 Å². The van der Waals surface area contributed by atoms with Gasteiger partial charge in [-0.2, -0.15) is 0 Å². The first-order valence-corrected chi connectivity index (χ1v) is 5.53. The van der Waals surface area contributed by atoms with Crippen molar-refractivity contribution in [1.82, 2.24) is 4.98 Å². The second kappa shape index (κ2) is 6.42. The van der Waals surface area contributed by atoms with Gasteiger partial charge in [-0.05, 0) is 13.0 Å². The molecule has 20 heavy (non-hydrogen) atoms. The van der Waals surface area contributed by atoms with Gasteiger partial charge in [0, 0.05) is 6.54 Å². The Hall–Kier alpha value is -2.03. The molecule has 0 aromatic carbocycles. The Morgan fingerprint density at radius 2 is 2.10 bits per heavy atom. The van der Waals surface area contributed by atoms with Crippen LogP contribution in [0.3, 0.4) is 0 Å². The van der Waals surface area contributed by atoms with Gasteiger partial charge >= 0.3 is 12.3 Å². The number of halogens is 3. The molecular formula is C11H13F3N2O4. The van der Waals surface area contributed by atoms with Gasteiger partial charge in [0.2, 0.25) is 0 Å². The summed E-state index contributed by atoms with van der Waals surface area (Å²) in [6, 6.07) is 1.19. The highest BCUT2D eigenvalue weighted by Crippen LogP contribution is 2.34. The average Bonchev–Trinajstić information content (AvgIpc) is 2.36. The Balaban J connectivity index is 3.34. The third-order valence-corrected chi connectivity index (χ3v) is 2.12. The van der Waals surface area contributed by atoms with E-state index >= 15 is 0 Å². The highest BCUT2D eigenvalue weighted by Gasteiger charge is 2.35. The van der Waals surface area contributed by atoms with Crippen molar-refractivity contribution in [2.45, 2.75) is 19.8 Å². The van der Waals surface area contributed by atoms with E-state index in [9.17, 15) is 18.0 Å². The molecule has 0 atom stereocenters. The molecule has 0 aliphatic rings. The maximum Gasteiger partial charge on any atom is 0.574 e. The first kappa shape index (κ1) is 16.0. The van der Waals surface area contributed by atoms with Gasteiger partial charge in [-0.15, -0.1) is 13.2 Å². The van der Waals surface area contributed by atoms with Gasteiger partial charge in [-0.1, -0.05) is 0 Å². The molecule has 6 nitrogen and oxygen atoms in total. The van der Waals surface area contributed by atoms with E-state index < -0.39 is 24.0 Å². The molecule has 0 aliphatic carbocycles. The number of methoxy groups -OCH3 is 1. The number of carbonyl (C=O) groups is 1. The molecule has 0 saturated heterocycles. The van der Waals surface area contributed by atoms with Crippen LogP contribution in [0.5, 0.6) is 11.6 Å². The summed E-state index contributed by atoms with van der Waals surface area (Å²) in [7, 11) is 1.09. The van der Waals surface area contributed by atoms with E-state index in [1.807, 2.05) is 0 Å². The topological polar surface area (TPSA) is 83.7 Å². The maximum atomic E-state index is 12.3. The van der Waals surface area contributed by atoms with E-state index in [1.54, 1.807) is 6.92 Å². The Labute approximate surface area is 112 Å². The zero-order valence-corrected chi connectivity index (χ0v) is 10.8. The number of hydrogen-bond acceptors (Lipinski definition) is 6. The minimum Gasteiger partial charge on any atom is -0.491 e. The first-order valence-electron chi connectivity index (χ1n) is 5.53. The molecule has 1 aromatic heterocycles. The van der Waals surface area contributed by atoms with Crippen LogP contribution in [0.1, 0.15) is 23.0 Å². The average molecular weight is 294 g/mol. The number of nitrogens with two attached hydrogens (primary N) is 1. The minimum absolute atomic E-state index is 0.0353. The molecule has 1 aromatic rings. The van der Waals surface area contributed by atoms with Crippen molar-refractivity contribution >= 4 is 5.97 Å².